The van der Waals surface area contributed by atoms with Crippen LogP contribution in [-0.4, -0.2) is 13.2 Å². The maximum Gasteiger partial charge on any atom is 0.530 e. The average Bonchev–Trinajstić information content (AvgIpc) is 2.73. The molecule has 0 aliphatic carbocycles. The molecule has 4 aromatic carbocycles. The molecular formula is C24H23O4P. The summed E-state index contributed by atoms with van der Waals surface area (Å²) in [5.41, 5.74) is 1.88. The molecule has 0 heterocycles. The topological polar surface area (TPSA) is 44.8 Å². The summed E-state index contributed by atoms with van der Waals surface area (Å²) in [5.74, 6) is 0.477. The molecule has 0 bridgehead atoms. The molecule has 0 amide bonds. The summed E-state index contributed by atoms with van der Waals surface area (Å²) in [4.78, 5) is 0. The van der Waals surface area contributed by atoms with Crippen LogP contribution < -0.4 is 4.52 Å². The van der Waals surface area contributed by atoms with Crippen molar-refractivity contribution in [3.63, 3.8) is 0 Å². The van der Waals surface area contributed by atoms with Gasteiger partial charge in [0.2, 0.25) is 0 Å². The molecule has 29 heavy (non-hydrogen) atoms. The third kappa shape index (κ3) is 3.92. The van der Waals surface area contributed by atoms with Gasteiger partial charge in [0, 0.05) is 5.56 Å². The van der Waals surface area contributed by atoms with Crippen molar-refractivity contribution in [3.05, 3.63) is 78.9 Å². The second-order valence-corrected chi connectivity index (χ2v) is 8.15. The van der Waals surface area contributed by atoms with Crippen LogP contribution in [0.5, 0.6) is 5.75 Å². The lowest BCUT2D eigenvalue weighted by molar-refractivity contribution is 0.168. The Balaban J connectivity index is 1.98. The first kappa shape index (κ1) is 19.7. The fraction of sp³-hybridized carbons (Fsp3) is 0.167. The highest BCUT2D eigenvalue weighted by Gasteiger charge is 2.29. The molecule has 4 aromatic rings. The lowest BCUT2D eigenvalue weighted by Crippen LogP contribution is -2.03. The van der Waals surface area contributed by atoms with Crippen molar-refractivity contribution in [1.29, 1.82) is 0 Å². The van der Waals surface area contributed by atoms with Gasteiger partial charge in [-0.05, 0) is 47.0 Å². The lowest BCUT2D eigenvalue weighted by atomic mass is 9.93. The summed E-state index contributed by atoms with van der Waals surface area (Å²) < 4.78 is 29.8. The standard InChI is InChI=1S/C24H23O4P/c1-3-26-29(25,27-4-2)28-23-17-16-19-11-6-8-14-21(19)24(23)22-15-9-12-18-10-5-7-13-20(18)22/h5-17H,3-4H2,1-2H3. The van der Waals surface area contributed by atoms with Crippen molar-refractivity contribution in [2.24, 2.45) is 0 Å². The zero-order valence-electron chi connectivity index (χ0n) is 16.5. The minimum Gasteiger partial charge on any atom is -0.403 e. The molecule has 4 nitrogen and oxygen atoms in total. The highest BCUT2D eigenvalue weighted by atomic mass is 31.2. The minimum atomic E-state index is -3.73. The highest BCUT2D eigenvalue weighted by Crippen LogP contribution is 2.52. The van der Waals surface area contributed by atoms with Crippen molar-refractivity contribution in [2.45, 2.75) is 13.8 Å². The molecule has 4 rings (SSSR count). The normalized spacial score (nSPS) is 11.8. The van der Waals surface area contributed by atoms with Gasteiger partial charge >= 0.3 is 7.82 Å². The number of benzene rings is 4. The Bertz CT molecular complexity index is 1190. The van der Waals surface area contributed by atoms with Crippen LogP contribution in [0.3, 0.4) is 0 Å². The van der Waals surface area contributed by atoms with E-state index >= 15 is 0 Å². The van der Waals surface area contributed by atoms with Crippen LogP contribution in [-0.2, 0) is 13.6 Å². The Labute approximate surface area is 170 Å². The fourth-order valence-corrected chi connectivity index (χ4v) is 4.78. The molecule has 0 unspecified atom stereocenters. The van der Waals surface area contributed by atoms with Crippen LogP contribution in [0, 0.1) is 0 Å². The molecule has 0 aliphatic rings. The fourth-order valence-electron chi connectivity index (χ4n) is 3.58. The molecular weight excluding hydrogens is 383 g/mol. The third-order valence-electron chi connectivity index (χ3n) is 4.73. The van der Waals surface area contributed by atoms with Crippen LogP contribution in [0.4, 0.5) is 0 Å². The first-order chi connectivity index (χ1) is 14.1. The van der Waals surface area contributed by atoms with Gasteiger partial charge in [-0.2, -0.15) is 0 Å². The Morgan fingerprint density at radius 3 is 1.97 bits per heavy atom. The van der Waals surface area contributed by atoms with E-state index in [0.29, 0.717) is 5.75 Å². The summed E-state index contributed by atoms with van der Waals surface area (Å²) in [5, 5.41) is 4.31. The summed E-state index contributed by atoms with van der Waals surface area (Å²) in [6, 6.07) is 26.2. The molecule has 0 radical (unpaired) electrons. The van der Waals surface area contributed by atoms with Gasteiger partial charge in [-0.15, -0.1) is 0 Å². The number of hydrogen-bond donors (Lipinski definition) is 0. The number of hydrogen-bond acceptors (Lipinski definition) is 4. The Kier molecular flexibility index (Phi) is 5.68. The molecule has 0 saturated carbocycles. The van der Waals surface area contributed by atoms with E-state index in [2.05, 4.69) is 30.3 Å². The Hall–Kier alpha value is -2.65. The molecule has 148 valence electrons. The number of rotatable bonds is 7. The molecule has 0 saturated heterocycles. The van der Waals surface area contributed by atoms with Gasteiger partial charge in [0.05, 0.1) is 13.2 Å². The van der Waals surface area contributed by atoms with Crippen LogP contribution in [0.15, 0.2) is 78.9 Å². The molecule has 0 atom stereocenters. The zero-order chi connectivity index (χ0) is 20.3. The van der Waals surface area contributed by atoms with Gasteiger partial charge in [-0.3, -0.25) is 9.05 Å². The van der Waals surface area contributed by atoms with E-state index in [0.717, 1.165) is 32.7 Å². The zero-order valence-corrected chi connectivity index (χ0v) is 17.4. The lowest BCUT2D eigenvalue weighted by Gasteiger charge is -2.21. The summed E-state index contributed by atoms with van der Waals surface area (Å²) in [6.07, 6.45) is 0. The maximum absolute atomic E-state index is 13.1. The van der Waals surface area contributed by atoms with E-state index in [1.54, 1.807) is 13.8 Å². The summed E-state index contributed by atoms with van der Waals surface area (Å²) in [7, 11) is -3.73. The van der Waals surface area contributed by atoms with E-state index < -0.39 is 7.82 Å². The quantitative estimate of drug-likeness (QED) is 0.304. The molecule has 0 spiro atoms. The predicted molar refractivity (Wildman–Crippen MR) is 118 cm³/mol. The van der Waals surface area contributed by atoms with Crippen molar-refractivity contribution in [2.75, 3.05) is 13.2 Å². The second kappa shape index (κ2) is 8.38. The average molecular weight is 406 g/mol. The molecule has 0 N–H and O–H groups in total. The maximum atomic E-state index is 13.1. The summed E-state index contributed by atoms with van der Waals surface area (Å²) in [6.45, 7) is 3.99. The smallest absolute Gasteiger partial charge is 0.403 e. The van der Waals surface area contributed by atoms with E-state index in [1.807, 2.05) is 48.5 Å². The molecule has 0 fully saturated rings. The van der Waals surface area contributed by atoms with Crippen molar-refractivity contribution in [3.8, 4) is 16.9 Å². The number of phosphoric acid groups is 1. The highest BCUT2D eigenvalue weighted by molar-refractivity contribution is 7.48. The Morgan fingerprint density at radius 2 is 1.28 bits per heavy atom. The van der Waals surface area contributed by atoms with Crippen LogP contribution >= 0.6 is 7.82 Å². The van der Waals surface area contributed by atoms with Crippen molar-refractivity contribution < 1.29 is 18.1 Å². The monoisotopic (exact) mass is 406 g/mol. The van der Waals surface area contributed by atoms with Crippen molar-refractivity contribution >= 4 is 29.4 Å². The van der Waals surface area contributed by atoms with Gasteiger partial charge in [0.15, 0.2) is 0 Å². The first-order valence-electron chi connectivity index (χ1n) is 9.74. The molecule has 5 heteroatoms. The Morgan fingerprint density at radius 1 is 0.690 bits per heavy atom. The minimum absolute atomic E-state index is 0.231. The SMILES string of the molecule is CCOP(=O)(OCC)Oc1ccc2ccccc2c1-c1cccc2ccccc12. The molecule has 0 aliphatic heterocycles. The molecule has 0 aromatic heterocycles. The van der Waals surface area contributed by atoms with Gasteiger partial charge < -0.3 is 4.52 Å². The van der Waals surface area contributed by atoms with E-state index in [-0.39, 0.29) is 13.2 Å². The van der Waals surface area contributed by atoms with Gasteiger partial charge in [0.25, 0.3) is 0 Å². The largest absolute Gasteiger partial charge is 0.530 e. The van der Waals surface area contributed by atoms with Gasteiger partial charge in [-0.1, -0.05) is 72.8 Å². The first-order valence-corrected chi connectivity index (χ1v) is 11.2. The number of phosphoric ester groups is 1. The number of fused-ring (bicyclic) bond motifs is 2. The van der Waals surface area contributed by atoms with Gasteiger partial charge in [-0.25, -0.2) is 4.57 Å². The van der Waals surface area contributed by atoms with Crippen molar-refractivity contribution in [1.82, 2.24) is 0 Å². The van der Waals surface area contributed by atoms with Crippen LogP contribution in [0.1, 0.15) is 13.8 Å². The summed E-state index contributed by atoms with van der Waals surface area (Å²) >= 11 is 0. The van der Waals surface area contributed by atoms with Crippen LogP contribution in [0.2, 0.25) is 0 Å². The third-order valence-corrected chi connectivity index (χ3v) is 6.30. The van der Waals surface area contributed by atoms with E-state index in [9.17, 15) is 4.57 Å². The van der Waals surface area contributed by atoms with Crippen LogP contribution in [0.25, 0.3) is 32.7 Å². The van der Waals surface area contributed by atoms with E-state index in [4.69, 9.17) is 13.6 Å². The predicted octanol–water partition coefficient (Wildman–Crippen LogP) is 7.22. The second-order valence-electron chi connectivity index (χ2n) is 6.56. The van der Waals surface area contributed by atoms with Gasteiger partial charge in [0.1, 0.15) is 5.75 Å². The van der Waals surface area contributed by atoms with E-state index in [1.165, 1.54) is 0 Å².